The molecule has 0 bridgehead atoms. The molecular formula is C17H24ClN3O. The topological polar surface area (TPSA) is 50.9 Å². The molecule has 1 atom stereocenters. The average molecular weight is 322 g/mol. The first kappa shape index (κ1) is 17.0. The van der Waals surface area contributed by atoms with Crippen LogP contribution >= 0.6 is 11.6 Å². The van der Waals surface area contributed by atoms with E-state index < -0.39 is 5.60 Å². The Morgan fingerprint density at radius 3 is 2.55 bits per heavy atom. The quantitative estimate of drug-likeness (QED) is 0.806. The van der Waals surface area contributed by atoms with Crippen LogP contribution in [0, 0.1) is 5.92 Å². The molecule has 1 N–H and O–H groups in total. The largest absolute Gasteiger partial charge is 0.388 e. The molecule has 120 valence electrons. The predicted octanol–water partition coefficient (Wildman–Crippen LogP) is 3.73. The normalized spacial score (nSPS) is 14.2. The molecule has 1 unspecified atom stereocenters. The molecule has 0 saturated heterocycles. The van der Waals surface area contributed by atoms with Gasteiger partial charge in [-0.25, -0.2) is 4.98 Å². The summed E-state index contributed by atoms with van der Waals surface area (Å²) in [6.45, 7) is 4.83. The Labute approximate surface area is 137 Å². The smallest absolute Gasteiger partial charge is 0.137 e. The summed E-state index contributed by atoms with van der Waals surface area (Å²) in [5, 5.41) is 15.9. The van der Waals surface area contributed by atoms with Crippen LogP contribution in [0.4, 0.5) is 0 Å². The summed E-state index contributed by atoms with van der Waals surface area (Å²) in [5.41, 5.74) is 0.420. The molecule has 0 aliphatic rings. The Morgan fingerprint density at radius 1 is 1.23 bits per heavy atom. The SMILES string of the molecule is CC(C)CCC(O)(CCc1ccc(Cl)cc1)Cn1cncn1. The van der Waals surface area contributed by atoms with Crippen molar-refractivity contribution in [2.45, 2.75) is 51.7 Å². The van der Waals surface area contributed by atoms with Gasteiger partial charge in [0.1, 0.15) is 12.7 Å². The Balaban J connectivity index is 2.01. The van der Waals surface area contributed by atoms with Gasteiger partial charge in [0, 0.05) is 5.02 Å². The standard InChI is InChI=1S/C17H24ClN3O/c1-14(2)7-9-17(22,11-21-13-19-12-20-21)10-8-15-3-5-16(18)6-4-15/h3-6,12-14,22H,7-11H2,1-2H3. The van der Waals surface area contributed by atoms with Gasteiger partial charge in [-0.2, -0.15) is 5.10 Å². The molecule has 5 heteroatoms. The van der Waals surface area contributed by atoms with E-state index in [1.165, 1.54) is 11.9 Å². The fourth-order valence-corrected chi connectivity index (χ4v) is 2.61. The summed E-state index contributed by atoms with van der Waals surface area (Å²) in [4.78, 5) is 3.96. The minimum Gasteiger partial charge on any atom is -0.388 e. The van der Waals surface area contributed by atoms with E-state index in [-0.39, 0.29) is 0 Å². The van der Waals surface area contributed by atoms with Crippen molar-refractivity contribution in [1.29, 1.82) is 0 Å². The molecule has 4 nitrogen and oxygen atoms in total. The van der Waals surface area contributed by atoms with Crippen molar-refractivity contribution < 1.29 is 5.11 Å². The van der Waals surface area contributed by atoms with E-state index in [2.05, 4.69) is 23.9 Å². The maximum Gasteiger partial charge on any atom is 0.137 e. The first-order chi connectivity index (χ1) is 10.5. The van der Waals surface area contributed by atoms with E-state index in [0.717, 1.165) is 24.3 Å². The van der Waals surface area contributed by atoms with Gasteiger partial charge in [-0.1, -0.05) is 37.6 Å². The second-order valence-corrected chi connectivity index (χ2v) is 6.81. The van der Waals surface area contributed by atoms with Crippen LogP contribution in [0.1, 0.15) is 38.7 Å². The molecule has 2 aromatic rings. The summed E-state index contributed by atoms with van der Waals surface area (Å²) >= 11 is 5.91. The summed E-state index contributed by atoms with van der Waals surface area (Å²) in [5.74, 6) is 0.567. The van der Waals surface area contributed by atoms with Crippen LogP contribution in [0.25, 0.3) is 0 Å². The molecule has 0 radical (unpaired) electrons. The van der Waals surface area contributed by atoms with Crippen LogP contribution in [0.3, 0.4) is 0 Å². The zero-order valence-corrected chi connectivity index (χ0v) is 14.0. The molecule has 0 saturated carbocycles. The highest BCUT2D eigenvalue weighted by atomic mass is 35.5. The molecule has 0 aliphatic heterocycles. The lowest BCUT2D eigenvalue weighted by Gasteiger charge is -2.29. The minimum atomic E-state index is -0.766. The van der Waals surface area contributed by atoms with Crippen molar-refractivity contribution in [1.82, 2.24) is 14.8 Å². The third-order valence-corrected chi connectivity index (χ3v) is 4.15. The number of aryl methyl sites for hydroxylation is 1. The number of aromatic nitrogens is 3. The fourth-order valence-electron chi connectivity index (χ4n) is 2.48. The van der Waals surface area contributed by atoms with Gasteiger partial charge in [-0.3, -0.25) is 4.68 Å². The molecular weight excluding hydrogens is 298 g/mol. The zero-order chi connectivity index (χ0) is 16.0. The van der Waals surface area contributed by atoms with Crippen LogP contribution in [0.2, 0.25) is 5.02 Å². The van der Waals surface area contributed by atoms with Gasteiger partial charge in [0.2, 0.25) is 0 Å². The molecule has 0 spiro atoms. The molecule has 0 aliphatic carbocycles. The lowest BCUT2D eigenvalue weighted by Crippen LogP contribution is -2.35. The summed E-state index contributed by atoms with van der Waals surface area (Å²) in [7, 11) is 0. The first-order valence-corrected chi connectivity index (χ1v) is 8.14. The Bertz CT molecular complexity index is 554. The number of nitrogens with zero attached hydrogens (tertiary/aromatic N) is 3. The number of hydrogen-bond donors (Lipinski definition) is 1. The van der Waals surface area contributed by atoms with E-state index in [0.29, 0.717) is 18.9 Å². The van der Waals surface area contributed by atoms with Crippen molar-refractivity contribution in [3.8, 4) is 0 Å². The van der Waals surface area contributed by atoms with E-state index in [1.807, 2.05) is 24.3 Å². The summed E-state index contributed by atoms with van der Waals surface area (Å²) in [6.07, 6.45) is 6.43. The van der Waals surface area contributed by atoms with Crippen LogP contribution in [0.15, 0.2) is 36.9 Å². The van der Waals surface area contributed by atoms with Gasteiger partial charge in [0.15, 0.2) is 0 Å². The number of rotatable bonds is 8. The fraction of sp³-hybridized carbons (Fsp3) is 0.529. The molecule has 1 heterocycles. The van der Waals surface area contributed by atoms with Gasteiger partial charge < -0.3 is 5.11 Å². The van der Waals surface area contributed by atoms with Gasteiger partial charge >= 0.3 is 0 Å². The van der Waals surface area contributed by atoms with Crippen LogP contribution in [0.5, 0.6) is 0 Å². The molecule has 22 heavy (non-hydrogen) atoms. The molecule has 0 fully saturated rings. The lowest BCUT2D eigenvalue weighted by molar-refractivity contribution is -0.00144. The minimum absolute atomic E-state index is 0.479. The van der Waals surface area contributed by atoms with Gasteiger partial charge in [-0.15, -0.1) is 0 Å². The van der Waals surface area contributed by atoms with Gasteiger partial charge in [-0.05, 0) is 49.3 Å². The van der Waals surface area contributed by atoms with Crippen molar-refractivity contribution >= 4 is 11.6 Å². The second kappa shape index (κ2) is 7.75. The number of hydrogen-bond acceptors (Lipinski definition) is 3. The lowest BCUT2D eigenvalue weighted by atomic mass is 9.88. The highest BCUT2D eigenvalue weighted by Crippen LogP contribution is 2.25. The van der Waals surface area contributed by atoms with Crippen LogP contribution in [-0.2, 0) is 13.0 Å². The van der Waals surface area contributed by atoms with E-state index in [4.69, 9.17) is 11.6 Å². The highest BCUT2D eigenvalue weighted by molar-refractivity contribution is 6.30. The van der Waals surface area contributed by atoms with Crippen LogP contribution in [-0.4, -0.2) is 25.5 Å². The average Bonchev–Trinajstić information content (AvgIpc) is 2.97. The highest BCUT2D eigenvalue weighted by Gasteiger charge is 2.27. The first-order valence-electron chi connectivity index (χ1n) is 7.76. The second-order valence-electron chi connectivity index (χ2n) is 6.38. The Morgan fingerprint density at radius 2 is 1.95 bits per heavy atom. The monoisotopic (exact) mass is 321 g/mol. The van der Waals surface area contributed by atoms with E-state index >= 15 is 0 Å². The number of halogens is 1. The molecule has 1 aromatic heterocycles. The third-order valence-electron chi connectivity index (χ3n) is 3.90. The zero-order valence-electron chi connectivity index (χ0n) is 13.2. The van der Waals surface area contributed by atoms with Crippen LogP contribution < -0.4 is 0 Å². The molecule has 1 aromatic carbocycles. The molecule has 0 amide bonds. The van der Waals surface area contributed by atoms with Crippen molar-refractivity contribution in [3.05, 3.63) is 47.5 Å². The van der Waals surface area contributed by atoms with Crippen molar-refractivity contribution in [2.24, 2.45) is 5.92 Å². The number of aliphatic hydroxyl groups is 1. The Kier molecular flexibility index (Phi) is 5.98. The third kappa shape index (κ3) is 5.43. The van der Waals surface area contributed by atoms with E-state index in [1.54, 1.807) is 11.0 Å². The van der Waals surface area contributed by atoms with Crippen molar-refractivity contribution in [2.75, 3.05) is 0 Å². The predicted molar refractivity (Wildman–Crippen MR) is 88.8 cm³/mol. The maximum absolute atomic E-state index is 11.0. The maximum atomic E-state index is 11.0. The van der Waals surface area contributed by atoms with Gasteiger partial charge in [0.05, 0.1) is 12.1 Å². The summed E-state index contributed by atoms with van der Waals surface area (Å²) < 4.78 is 1.71. The summed E-state index contributed by atoms with van der Waals surface area (Å²) in [6, 6.07) is 7.81. The van der Waals surface area contributed by atoms with Gasteiger partial charge in [0.25, 0.3) is 0 Å². The molecule has 2 rings (SSSR count). The number of benzene rings is 1. The van der Waals surface area contributed by atoms with E-state index in [9.17, 15) is 5.11 Å². The Hall–Kier alpha value is -1.39. The van der Waals surface area contributed by atoms with Crippen molar-refractivity contribution in [3.63, 3.8) is 0 Å².